The summed E-state index contributed by atoms with van der Waals surface area (Å²) in [6, 6.07) is 7.28. The van der Waals surface area contributed by atoms with Crippen LogP contribution in [0, 0.1) is 11.8 Å². The largest absolute Gasteiger partial charge is 0.480 e. The molecule has 0 aliphatic heterocycles. The number of nitrogens with one attached hydrogen (secondary N) is 1. The summed E-state index contributed by atoms with van der Waals surface area (Å²) < 4.78 is 0. The first kappa shape index (κ1) is 20.7. The highest BCUT2D eigenvalue weighted by Crippen LogP contribution is 2.12. The lowest BCUT2D eigenvalue weighted by Crippen LogP contribution is -2.43. The highest BCUT2D eigenvalue weighted by atomic mass is 16.4. The standard InChI is InChI=1S/C19H28N2O4/c1-12(2)10-15(18(22)23)20-17(14-8-6-5-7-9-14)21-16(19(24)25)11-13(3)4/h5-9,12-13,15-16H,10-11H2,1-4H3,(H,20,21)(H,22,23)(H,24,25). The molecule has 25 heavy (non-hydrogen) atoms. The first-order valence-electron chi connectivity index (χ1n) is 8.56. The number of rotatable bonds is 9. The molecule has 138 valence electrons. The zero-order valence-electron chi connectivity index (χ0n) is 15.3. The minimum atomic E-state index is -1.01. The van der Waals surface area contributed by atoms with Gasteiger partial charge >= 0.3 is 11.9 Å². The molecule has 6 nitrogen and oxygen atoms in total. The summed E-state index contributed by atoms with van der Waals surface area (Å²) in [7, 11) is 0. The van der Waals surface area contributed by atoms with E-state index >= 15 is 0 Å². The number of hydrogen-bond acceptors (Lipinski definition) is 3. The minimum Gasteiger partial charge on any atom is -0.480 e. The summed E-state index contributed by atoms with van der Waals surface area (Å²) >= 11 is 0. The van der Waals surface area contributed by atoms with Gasteiger partial charge in [-0.25, -0.2) is 9.59 Å². The van der Waals surface area contributed by atoms with E-state index in [-0.39, 0.29) is 11.8 Å². The fourth-order valence-corrected chi connectivity index (χ4v) is 2.46. The maximum atomic E-state index is 11.6. The Morgan fingerprint density at radius 3 is 1.96 bits per heavy atom. The maximum absolute atomic E-state index is 11.6. The minimum absolute atomic E-state index is 0.160. The Morgan fingerprint density at radius 1 is 0.960 bits per heavy atom. The third-order valence-corrected chi connectivity index (χ3v) is 3.63. The van der Waals surface area contributed by atoms with Gasteiger partial charge < -0.3 is 15.5 Å². The fourth-order valence-electron chi connectivity index (χ4n) is 2.46. The summed E-state index contributed by atoms with van der Waals surface area (Å²) in [5, 5.41) is 21.9. The van der Waals surface area contributed by atoms with E-state index in [1.54, 1.807) is 12.1 Å². The average Bonchev–Trinajstić information content (AvgIpc) is 2.52. The molecule has 6 heteroatoms. The summed E-state index contributed by atoms with van der Waals surface area (Å²) in [4.78, 5) is 27.5. The molecule has 0 saturated carbocycles. The van der Waals surface area contributed by atoms with E-state index in [0.29, 0.717) is 24.2 Å². The number of carboxylic acids is 2. The van der Waals surface area contributed by atoms with Crippen LogP contribution in [0.4, 0.5) is 0 Å². The molecule has 0 radical (unpaired) electrons. The number of aliphatic imine (C=N–C) groups is 1. The molecule has 1 rings (SSSR count). The van der Waals surface area contributed by atoms with Gasteiger partial charge in [0.15, 0.2) is 0 Å². The molecule has 0 spiro atoms. The lowest BCUT2D eigenvalue weighted by molar-refractivity contribution is -0.139. The van der Waals surface area contributed by atoms with Crippen molar-refractivity contribution in [2.24, 2.45) is 16.8 Å². The molecule has 0 bridgehead atoms. The Hall–Kier alpha value is -2.37. The van der Waals surface area contributed by atoms with E-state index in [9.17, 15) is 19.8 Å². The molecule has 2 atom stereocenters. The summed E-state index contributed by atoms with van der Waals surface area (Å²) in [5.74, 6) is -1.35. The van der Waals surface area contributed by atoms with Crippen LogP contribution in [-0.4, -0.2) is 40.1 Å². The number of aliphatic carboxylic acids is 2. The topological polar surface area (TPSA) is 99.0 Å². The van der Waals surface area contributed by atoms with Gasteiger partial charge in [-0.3, -0.25) is 4.99 Å². The monoisotopic (exact) mass is 348 g/mol. The second-order valence-electron chi connectivity index (χ2n) is 6.99. The van der Waals surface area contributed by atoms with Crippen molar-refractivity contribution in [1.29, 1.82) is 0 Å². The molecule has 0 aliphatic rings. The van der Waals surface area contributed by atoms with Crippen LogP contribution >= 0.6 is 0 Å². The molecule has 0 heterocycles. The van der Waals surface area contributed by atoms with Crippen molar-refractivity contribution >= 4 is 17.8 Å². The third kappa shape index (κ3) is 7.37. The molecule has 1 aromatic rings. The molecule has 2 unspecified atom stereocenters. The SMILES string of the molecule is CC(C)CC(N=C(NC(CC(C)C)C(=O)O)c1ccccc1)C(=O)O. The lowest BCUT2D eigenvalue weighted by atomic mass is 10.0. The van der Waals surface area contributed by atoms with Gasteiger partial charge in [0.05, 0.1) is 0 Å². The maximum Gasteiger partial charge on any atom is 0.328 e. The van der Waals surface area contributed by atoms with Crippen molar-refractivity contribution in [3.63, 3.8) is 0 Å². The molecule has 0 amide bonds. The van der Waals surface area contributed by atoms with Crippen molar-refractivity contribution in [3.05, 3.63) is 35.9 Å². The molecular weight excluding hydrogens is 320 g/mol. The van der Waals surface area contributed by atoms with Gasteiger partial charge in [0.2, 0.25) is 0 Å². The predicted octanol–water partition coefficient (Wildman–Crippen LogP) is 3.02. The van der Waals surface area contributed by atoms with Gasteiger partial charge in [-0.2, -0.15) is 0 Å². The highest BCUT2D eigenvalue weighted by Gasteiger charge is 2.24. The molecule has 3 N–H and O–H groups in total. The van der Waals surface area contributed by atoms with E-state index in [4.69, 9.17) is 0 Å². The van der Waals surface area contributed by atoms with Crippen molar-refractivity contribution in [2.45, 2.75) is 52.6 Å². The summed E-state index contributed by atoms with van der Waals surface area (Å²) in [5.41, 5.74) is 0.674. The number of hydrogen-bond donors (Lipinski definition) is 3. The Balaban J connectivity index is 3.21. The molecule has 0 aromatic heterocycles. The smallest absolute Gasteiger partial charge is 0.328 e. The molecule has 0 aliphatic carbocycles. The van der Waals surface area contributed by atoms with Gasteiger partial charge in [0.1, 0.15) is 17.9 Å². The van der Waals surface area contributed by atoms with Crippen LogP contribution in [-0.2, 0) is 9.59 Å². The van der Waals surface area contributed by atoms with Gasteiger partial charge in [-0.1, -0.05) is 58.0 Å². The van der Waals surface area contributed by atoms with Crippen molar-refractivity contribution in [1.82, 2.24) is 5.32 Å². The summed E-state index contributed by atoms with van der Waals surface area (Å²) in [6.45, 7) is 7.74. The predicted molar refractivity (Wildman–Crippen MR) is 97.9 cm³/mol. The Morgan fingerprint density at radius 2 is 1.52 bits per heavy atom. The Kier molecular flexibility index (Phi) is 8.11. The van der Waals surface area contributed by atoms with Crippen LogP contribution in [0.25, 0.3) is 0 Å². The Labute approximate surface area is 149 Å². The van der Waals surface area contributed by atoms with Crippen molar-refractivity contribution < 1.29 is 19.8 Å². The van der Waals surface area contributed by atoms with Gasteiger partial charge in [-0.05, 0) is 24.7 Å². The first-order valence-corrected chi connectivity index (χ1v) is 8.56. The van der Waals surface area contributed by atoms with E-state index in [1.807, 2.05) is 45.9 Å². The van der Waals surface area contributed by atoms with E-state index in [0.717, 1.165) is 0 Å². The molecule has 1 aromatic carbocycles. The third-order valence-electron chi connectivity index (χ3n) is 3.63. The molecule has 0 fully saturated rings. The van der Waals surface area contributed by atoms with Crippen molar-refractivity contribution in [3.8, 4) is 0 Å². The normalized spacial score (nSPS) is 14.4. The van der Waals surface area contributed by atoms with Crippen LogP contribution in [0.15, 0.2) is 35.3 Å². The highest BCUT2D eigenvalue weighted by molar-refractivity contribution is 6.01. The first-order chi connectivity index (χ1) is 11.7. The lowest BCUT2D eigenvalue weighted by Gasteiger charge is -2.21. The van der Waals surface area contributed by atoms with Crippen LogP contribution in [0.2, 0.25) is 0 Å². The van der Waals surface area contributed by atoms with Crippen LogP contribution in [0.5, 0.6) is 0 Å². The van der Waals surface area contributed by atoms with Crippen LogP contribution in [0.3, 0.4) is 0 Å². The summed E-state index contributed by atoms with van der Waals surface area (Å²) in [6.07, 6.45) is 0.804. The second kappa shape index (κ2) is 9.81. The zero-order valence-corrected chi connectivity index (χ0v) is 15.3. The number of amidine groups is 1. The van der Waals surface area contributed by atoms with Gasteiger partial charge in [0, 0.05) is 5.56 Å². The number of carboxylic acid groups (broad SMARTS) is 2. The molecular formula is C19H28N2O4. The van der Waals surface area contributed by atoms with Crippen molar-refractivity contribution in [2.75, 3.05) is 0 Å². The van der Waals surface area contributed by atoms with Crippen LogP contribution in [0.1, 0.15) is 46.1 Å². The number of benzene rings is 1. The second-order valence-corrected chi connectivity index (χ2v) is 6.99. The quantitative estimate of drug-likeness (QED) is 0.470. The van der Waals surface area contributed by atoms with E-state index < -0.39 is 24.0 Å². The average molecular weight is 348 g/mol. The van der Waals surface area contributed by atoms with Crippen LogP contribution < -0.4 is 5.32 Å². The fraction of sp³-hybridized carbons (Fsp3) is 0.526. The molecule has 0 saturated heterocycles. The van der Waals surface area contributed by atoms with Gasteiger partial charge in [0.25, 0.3) is 0 Å². The van der Waals surface area contributed by atoms with E-state index in [2.05, 4.69) is 10.3 Å². The van der Waals surface area contributed by atoms with E-state index in [1.165, 1.54) is 0 Å². The number of nitrogens with zero attached hydrogens (tertiary/aromatic N) is 1. The number of carbonyl (C=O) groups is 2. The zero-order chi connectivity index (χ0) is 19.0. The Bertz CT molecular complexity index is 597. The van der Waals surface area contributed by atoms with Gasteiger partial charge in [-0.15, -0.1) is 0 Å².